The van der Waals surface area contributed by atoms with Crippen LogP contribution in [0.2, 0.25) is 0 Å². The van der Waals surface area contributed by atoms with Gasteiger partial charge < -0.3 is 4.74 Å². The zero-order valence-electron chi connectivity index (χ0n) is 11.6. The van der Waals surface area contributed by atoms with Crippen LogP contribution in [0.3, 0.4) is 0 Å². The summed E-state index contributed by atoms with van der Waals surface area (Å²) in [5.41, 5.74) is 1.95. The Morgan fingerprint density at radius 2 is 1.81 bits per heavy atom. The van der Waals surface area contributed by atoms with Gasteiger partial charge in [0.05, 0.1) is 7.11 Å². The molecule has 1 unspecified atom stereocenters. The Kier molecular flexibility index (Phi) is 5.38. The van der Waals surface area contributed by atoms with Gasteiger partial charge in [0, 0.05) is 20.4 Å². The fourth-order valence-electron chi connectivity index (χ4n) is 2.11. The molecule has 0 aliphatic heterocycles. The molecule has 0 aromatic heterocycles. The summed E-state index contributed by atoms with van der Waals surface area (Å²) < 4.78 is 33.8. The first-order valence-corrected chi connectivity index (χ1v) is 8.06. The van der Waals surface area contributed by atoms with E-state index in [9.17, 15) is 8.78 Å². The van der Waals surface area contributed by atoms with Gasteiger partial charge in [-0.25, -0.2) is 8.78 Å². The summed E-state index contributed by atoms with van der Waals surface area (Å²) in [6.07, 6.45) is 0.199. The van der Waals surface area contributed by atoms with Gasteiger partial charge in [-0.3, -0.25) is 0 Å². The molecule has 0 heterocycles. The molecule has 2 rings (SSSR count). The van der Waals surface area contributed by atoms with E-state index < -0.39 is 11.6 Å². The van der Waals surface area contributed by atoms with Crippen molar-refractivity contribution < 1.29 is 13.5 Å². The van der Waals surface area contributed by atoms with E-state index in [0.29, 0.717) is 5.75 Å². The van der Waals surface area contributed by atoms with Crippen molar-refractivity contribution in [2.24, 2.45) is 0 Å². The SMILES string of the molecule is COc1cc(C)c(Br)cc1C(Br)Cc1c(F)cccc1F. The van der Waals surface area contributed by atoms with Gasteiger partial charge in [-0.15, -0.1) is 0 Å². The lowest BCUT2D eigenvalue weighted by Crippen LogP contribution is -2.03. The maximum atomic E-state index is 13.8. The number of methoxy groups -OCH3 is 1. The topological polar surface area (TPSA) is 9.23 Å². The van der Waals surface area contributed by atoms with Gasteiger partial charge >= 0.3 is 0 Å². The van der Waals surface area contributed by atoms with Crippen molar-refractivity contribution in [2.75, 3.05) is 7.11 Å². The van der Waals surface area contributed by atoms with Crippen LogP contribution < -0.4 is 4.74 Å². The standard InChI is InChI=1S/C16H14Br2F2O/c1-9-6-16(21-2)10(7-12(9)17)13(18)8-11-14(19)4-3-5-15(11)20/h3-7,13H,8H2,1-2H3. The maximum absolute atomic E-state index is 13.8. The molecule has 0 radical (unpaired) electrons. The van der Waals surface area contributed by atoms with Crippen LogP contribution in [0, 0.1) is 18.6 Å². The Balaban J connectivity index is 2.37. The van der Waals surface area contributed by atoms with E-state index in [1.165, 1.54) is 18.2 Å². The Labute approximate surface area is 139 Å². The van der Waals surface area contributed by atoms with Crippen LogP contribution in [0.1, 0.15) is 21.5 Å². The molecule has 0 saturated heterocycles. The van der Waals surface area contributed by atoms with Gasteiger partial charge in [0.1, 0.15) is 17.4 Å². The van der Waals surface area contributed by atoms with Gasteiger partial charge in [-0.05, 0) is 43.2 Å². The van der Waals surface area contributed by atoms with Crippen LogP contribution in [0.4, 0.5) is 8.78 Å². The van der Waals surface area contributed by atoms with Gasteiger partial charge in [-0.2, -0.15) is 0 Å². The third-order valence-electron chi connectivity index (χ3n) is 3.29. The highest BCUT2D eigenvalue weighted by Gasteiger charge is 2.19. The number of ether oxygens (including phenoxy) is 1. The molecule has 2 aromatic rings. The molecular weight excluding hydrogens is 406 g/mol. The summed E-state index contributed by atoms with van der Waals surface area (Å²) in [5, 5.41) is 0. The highest BCUT2D eigenvalue weighted by Crippen LogP contribution is 2.37. The highest BCUT2D eigenvalue weighted by molar-refractivity contribution is 9.10. The van der Waals surface area contributed by atoms with Crippen molar-refractivity contribution in [3.05, 3.63) is 63.1 Å². The molecule has 0 fully saturated rings. The van der Waals surface area contributed by atoms with Crippen molar-refractivity contribution in [1.29, 1.82) is 0 Å². The first-order chi connectivity index (χ1) is 9.93. The second-order valence-corrected chi connectivity index (χ2v) is 6.67. The minimum absolute atomic E-state index is 0.0677. The number of halogens is 4. The van der Waals surface area contributed by atoms with Crippen molar-refractivity contribution in [1.82, 2.24) is 0 Å². The Bertz CT molecular complexity index is 639. The van der Waals surface area contributed by atoms with Crippen LogP contribution in [0.25, 0.3) is 0 Å². The zero-order valence-corrected chi connectivity index (χ0v) is 14.8. The maximum Gasteiger partial charge on any atom is 0.129 e. The van der Waals surface area contributed by atoms with Gasteiger partial charge in [0.2, 0.25) is 0 Å². The van der Waals surface area contributed by atoms with E-state index in [-0.39, 0.29) is 16.8 Å². The van der Waals surface area contributed by atoms with E-state index in [2.05, 4.69) is 31.9 Å². The van der Waals surface area contributed by atoms with Crippen LogP contribution >= 0.6 is 31.9 Å². The number of hydrogen-bond donors (Lipinski definition) is 0. The molecule has 112 valence electrons. The second-order valence-electron chi connectivity index (χ2n) is 4.72. The van der Waals surface area contributed by atoms with E-state index in [4.69, 9.17) is 4.74 Å². The molecule has 0 saturated carbocycles. The number of benzene rings is 2. The third-order valence-corrected chi connectivity index (χ3v) is 4.96. The van der Waals surface area contributed by atoms with E-state index >= 15 is 0 Å². The van der Waals surface area contributed by atoms with Crippen molar-refractivity contribution in [3.63, 3.8) is 0 Å². The number of aryl methyl sites for hydroxylation is 1. The fourth-order valence-corrected chi connectivity index (χ4v) is 3.15. The van der Waals surface area contributed by atoms with E-state index in [0.717, 1.165) is 15.6 Å². The lowest BCUT2D eigenvalue weighted by atomic mass is 10.0. The lowest BCUT2D eigenvalue weighted by molar-refractivity contribution is 0.408. The van der Waals surface area contributed by atoms with Gasteiger partial charge in [0.15, 0.2) is 0 Å². The van der Waals surface area contributed by atoms with Crippen molar-refractivity contribution in [3.8, 4) is 5.75 Å². The summed E-state index contributed by atoms with van der Waals surface area (Å²) in [4.78, 5) is -0.254. The normalized spacial score (nSPS) is 12.3. The van der Waals surface area contributed by atoms with Crippen LogP contribution in [0.15, 0.2) is 34.8 Å². The highest BCUT2D eigenvalue weighted by atomic mass is 79.9. The Morgan fingerprint density at radius 3 is 2.38 bits per heavy atom. The predicted octanol–water partition coefficient (Wildman–Crippen LogP) is 5.72. The molecule has 0 bridgehead atoms. The number of rotatable bonds is 4. The van der Waals surface area contributed by atoms with Crippen molar-refractivity contribution in [2.45, 2.75) is 18.2 Å². The van der Waals surface area contributed by atoms with Crippen LogP contribution in [0.5, 0.6) is 5.75 Å². The Morgan fingerprint density at radius 1 is 1.19 bits per heavy atom. The number of alkyl halides is 1. The molecule has 1 nitrogen and oxygen atoms in total. The average Bonchev–Trinajstić information content (AvgIpc) is 2.45. The molecule has 0 spiro atoms. The molecular formula is C16H14Br2F2O. The molecule has 0 aliphatic carbocycles. The zero-order chi connectivity index (χ0) is 15.6. The van der Waals surface area contributed by atoms with Crippen molar-refractivity contribution >= 4 is 31.9 Å². The van der Waals surface area contributed by atoms with Crippen LogP contribution in [-0.2, 0) is 6.42 Å². The summed E-state index contributed by atoms with van der Waals surface area (Å²) in [6, 6.07) is 7.69. The smallest absolute Gasteiger partial charge is 0.129 e. The fraction of sp³-hybridized carbons (Fsp3) is 0.250. The first-order valence-electron chi connectivity index (χ1n) is 6.35. The van der Waals surface area contributed by atoms with E-state index in [1.807, 2.05) is 19.1 Å². The molecule has 0 amide bonds. The summed E-state index contributed by atoms with van der Waals surface area (Å²) in [7, 11) is 1.58. The molecule has 5 heteroatoms. The lowest BCUT2D eigenvalue weighted by Gasteiger charge is -2.17. The van der Waals surface area contributed by atoms with Gasteiger partial charge in [-0.1, -0.05) is 37.9 Å². The van der Waals surface area contributed by atoms with Crippen LogP contribution in [-0.4, -0.2) is 7.11 Å². The molecule has 1 atom stereocenters. The monoisotopic (exact) mass is 418 g/mol. The Hall–Kier alpha value is -0.940. The average molecular weight is 420 g/mol. The van der Waals surface area contributed by atoms with E-state index in [1.54, 1.807) is 7.11 Å². The third kappa shape index (κ3) is 3.64. The summed E-state index contributed by atoms with van der Waals surface area (Å²) >= 11 is 6.97. The second kappa shape index (κ2) is 6.88. The summed E-state index contributed by atoms with van der Waals surface area (Å²) in [5.74, 6) is -0.386. The minimum Gasteiger partial charge on any atom is -0.496 e. The minimum atomic E-state index is -0.537. The quantitative estimate of drug-likeness (QED) is 0.575. The first kappa shape index (κ1) is 16.4. The number of hydrogen-bond acceptors (Lipinski definition) is 1. The van der Waals surface area contributed by atoms with Gasteiger partial charge in [0.25, 0.3) is 0 Å². The molecule has 0 aliphatic rings. The predicted molar refractivity (Wildman–Crippen MR) is 87.2 cm³/mol. The summed E-state index contributed by atoms with van der Waals surface area (Å²) in [6.45, 7) is 1.95. The molecule has 21 heavy (non-hydrogen) atoms. The molecule has 2 aromatic carbocycles. The largest absolute Gasteiger partial charge is 0.496 e. The molecule has 0 N–H and O–H groups in total.